The van der Waals surface area contributed by atoms with Crippen molar-refractivity contribution in [1.82, 2.24) is 10.6 Å². The molecule has 0 atom stereocenters. The lowest BCUT2D eigenvalue weighted by molar-refractivity contribution is -0.124. The largest absolute Gasteiger partial charge is 0.354 e. The molecule has 4 nitrogen and oxygen atoms in total. The summed E-state index contributed by atoms with van der Waals surface area (Å²) < 4.78 is 0. The van der Waals surface area contributed by atoms with Gasteiger partial charge in [0, 0.05) is 24.0 Å². The van der Waals surface area contributed by atoms with Crippen LogP contribution in [0.2, 0.25) is 5.02 Å². The fourth-order valence-electron chi connectivity index (χ4n) is 1.47. The van der Waals surface area contributed by atoms with Gasteiger partial charge in [0.2, 0.25) is 11.8 Å². The van der Waals surface area contributed by atoms with E-state index in [1.165, 1.54) is 0 Å². The van der Waals surface area contributed by atoms with Crippen LogP contribution in [0.3, 0.4) is 0 Å². The van der Waals surface area contributed by atoms with Crippen molar-refractivity contribution >= 4 is 23.4 Å². The molecule has 0 spiro atoms. The summed E-state index contributed by atoms with van der Waals surface area (Å²) in [6, 6.07) is 7.25. The highest BCUT2D eigenvalue weighted by atomic mass is 35.5. The maximum Gasteiger partial charge on any atom is 0.224 e. The third kappa shape index (κ3) is 5.75. The number of rotatable bonds is 6. The van der Waals surface area contributed by atoms with Gasteiger partial charge in [-0.25, -0.2) is 0 Å². The van der Waals surface area contributed by atoms with E-state index in [9.17, 15) is 9.59 Å². The molecule has 2 amide bonds. The first kappa shape index (κ1) is 15.5. The zero-order valence-electron chi connectivity index (χ0n) is 11.2. The Balaban J connectivity index is 2.26. The zero-order valence-corrected chi connectivity index (χ0v) is 12.0. The van der Waals surface area contributed by atoms with Crippen molar-refractivity contribution in [3.63, 3.8) is 0 Å². The Kier molecular flexibility index (Phi) is 6.36. The second-order valence-electron chi connectivity index (χ2n) is 4.56. The maximum atomic E-state index is 11.7. The van der Waals surface area contributed by atoms with Crippen molar-refractivity contribution in [3.05, 3.63) is 34.9 Å². The second-order valence-corrected chi connectivity index (χ2v) is 4.97. The Morgan fingerprint density at radius 1 is 1.16 bits per heavy atom. The maximum absolute atomic E-state index is 11.7. The van der Waals surface area contributed by atoms with Gasteiger partial charge < -0.3 is 10.6 Å². The van der Waals surface area contributed by atoms with E-state index in [1.54, 1.807) is 6.07 Å². The number of amides is 2. The van der Waals surface area contributed by atoms with E-state index in [4.69, 9.17) is 11.6 Å². The minimum Gasteiger partial charge on any atom is -0.354 e. The summed E-state index contributed by atoms with van der Waals surface area (Å²) in [6.45, 7) is 4.50. The van der Waals surface area contributed by atoms with Crippen molar-refractivity contribution in [2.75, 3.05) is 13.1 Å². The molecule has 1 aromatic carbocycles. The molecule has 0 aliphatic carbocycles. The van der Waals surface area contributed by atoms with Gasteiger partial charge in [-0.05, 0) is 11.6 Å². The predicted octanol–water partition coefficient (Wildman–Crippen LogP) is 1.77. The summed E-state index contributed by atoms with van der Waals surface area (Å²) in [5, 5.41) is 6.06. The van der Waals surface area contributed by atoms with Crippen LogP contribution in [0.4, 0.5) is 0 Å². The second kappa shape index (κ2) is 7.79. The molecular formula is C14H19ClN2O2. The summed E-state index contributed by atoms with van der Waals surface area (Å²) >= 11 is 5.97. The molecule has 0 aromatic heterocycles. The quantitative estimate of drug-likeness (QED) is 0.781. The van der Waals surface area contributed by atoms with E-state index < -0.39 is 0 Å². The highest BCUT2D eigenvalue weighted by molar-refractivity contribution is 6.31. The fraction of sp³-hybridized carbons (Fsp3) is 0.429. The van der Waals surface area contributed by atoms with Crippen LogP contribution in [0, 0.1) is 5.92 Å². The van der Waals surface area contributed by atoms with Crippen molar-refractivity contribution in [2.45, 2.75) is 20.3 Å². The minimum atomic E-state index is -0.105. The number of hydrogen-bond acceptors (Lipinski definition) is 2. The SMILES string of the molecule is CC(C)C(=O)NCCNC(=O)Cc1ccccc1Cl. The molecule has 19 heavy (non-hydrogen) atoms. The summed E-state index contributed by atoms with van der Waals surface area (Å²) in [4.78, 5) is 22.9. The molecule has 0 unspecified atom stereocenters. The first-order valence-corrected chi connectivity index (χ1v) is 6.66. The van der Waals surface area contributed by atoms with Crippen LogP contribution in [0.25, 0.3) is 0 Å². The van der Waals surface area contributed by atoms with Crippen molar-refractivity contribution < 1.29 is 9.59 Å². The molecule has 0 aliphatic rings. The van der Waals surface area contributed by atoms with Gasteiger partial charge in [0.25, 0.3) is 0 Å². The van der Waals surface area contributed by atoms with E-state index >= 15 is 0 Å². The minimum absolute atomic E-state index is 0.0136. The first-order chi connectivity index (χ1) is 9.00. The highest BCUT2D eigenvalue weighted by Crippen LogP contribution is 2.14. The number of benzene rings is 1. The van der Waals surface area contributed by atoms with Crippen LogP contribution in [-0.2, 0) is 16.0 Å². The summed E-state index contributed by atoms with van der Waals surface area (Å²) in [6.07, 6.45) is 0.248. The van der Waals surface area contributed by atoms with Crippen molar-refractivity contribution in [1.29, 1.82) is 0 Å². The first-order valence-electron chi connectivity index (χ1n) is 6.28. The molecule has 0 radical (unpaired) electrons. The summed E-state index contributed by atoms with van der Waals surface area (Å²) in [5.74, 6) is -0.161. The standard InChI is InChI=1S/C14H19ClN2O2/c1-10(2)14(19)17-8-7-16-13(18)9-11-5-3-4-6-12(11)15/h3-6,10H,7-9H2,1-2H3,(H,16,18)(H,17,19). The number of nitrogens with one attached hydrogen (secondary N) is 2. The van der Waals surface area contributed by atoms with Gasteiger partial charge in [-0.3, -0.25) is 9.59 Å². The molecule has 0 heterocycles. The number of carbonyl (C=O) groups is 2. The highest BCUT2D eigenvalue weighted by Gasteiger charge is 2.07. The topological polar surface area (TPSA) is 58.2 Å². The summed E-state index contributed by atoms with van der Waals surface area (Å²) in [7, 11) is 0. The van der Waals surface area contributed by atoms with Crippen molar-refractivity contribution in [2.24, 2.45) is 5.92 Å². The van der Waals surface area contributed by atoms with E-state index in [2.05, 4.69) is 10.6 Å². The van der Waals surface area contributed by atoms with Crippen LogP contribution in [-0.4, -0.2) is 24.9 Å². The normalized spacial score (nSPS) is 10.3. The Morgan fingerprint density at radius 3 is 2.42 bits per heavy atom. The van der Waals surface area contributed by atoms with Crippen LogP contribution >= 0.6 is 11.6 Å². The van der Waals surface area contributed by atoms with E-state index in [0.29, 0.717) is 18.1 Å². The van der Waals surface area contributed by atoms with E-state index in [0.717, 1.165) is 5.56 Å². The number of carbonyl (C=O) groups excluding carboxylic acids is 2. The van der Waals surface area contributed by atoms with Gasteiger partial charge in [-0.2, -0.15) is 0 Å². The monoisotopic (exact) mass is 282 g/mol. The molecule has 1 rings (SSSR count). The number of halogens is 1. The molecule has 0 saturated heterocycles. The van der Waals surface area contributed by atoms with Crippen LogP contribution in [0.15, 0.2) is 24.3 Å². The molecule has 1 aromatic rings. The molecule has 104 valence electrons. The molecule has 2 N–H and O–H groups in total. The molecule has 0 saturated carbocycles. The van der Waals surface area contributed by atoms with E-state index in [1.807, 2.05) is 32.0 Å². The van der Waals surface area contributed by atoms with Gasteiger partial charge in [0.05, 0.1) is 6.42 Å². The molecular weight excluding hydrogens is 264 g/mol. The predicted molar refractivity (Wildman–Crippen MR) is 76.0 cm³/mol. The fourth-order valence-corrected chi connectivity index (χ4v) is 1.67. The Bertz CT molecular complexity index is 447. The van der Waals surface area contributed by atoms with Gasteiger partial charge in [0.1, 0.15) is 0 Å². The Morgan fingerprint density at radius 2 is 1.79 bits per heavy atom. The molecule has 5 heteroatoms. The molecule has 0 fully saturated rings. The lowest BCUT2D eigenvalue weighted by Crippen LogP contribution is -2.36. The Hall–Kier alpha value is -1.55. The van der Waals surface area contributed by atoms with Gasteiger partial charge in [-0.1, -0.05) is 43.6 Å². The lowest BCUT2D eigenvalue weighted by Gasteiger charge is -2.09. The van der Waals surface area contributed by atoms with Gasteiger partial charge in [0.15, 0.2) is 0 Å². The van der Waals surface area contributed by atoms with Crippen LogP contribution < -0.4 is 10.6 Å². The van der Waals surface area contributed by atoms with Crippen molar-refractivity contribution in [3.8, 4) is 0 Å². The average Bonchev–Trinajstić information content (AvgIpc) is 2.37. The third-order valence-electron chi connectivity index (χ3n) is 2.58. The van der Waals surface area contributed by atoms with E-state index in [-0.39, 0.29) is 24.2 Å². The molecule has 0 bridgehead atoms. The van der Waals surface area contributed by atoms with Crippen LogP contribution in [0.5, 0.6) is 0 Å². The van der Waals surface area contributed by atoms with Gasteiger partial charge >= 0.3 is 0 Å². The Labute approximate surface area is 118 Å². The molecule has 0 aliphatic heterocycles. The zero-order chi connectivity index (χ0) is 14.3. The smallest absolute Gasteiger partial charge is 0.224 e. The van der Waals surface area contributed by atoms with Gasteiger partial charge in [-0.15, -0.1) is 0 Å². The summed E-state index contributed by atoms with van der Waals surface area (Å²) in [5.41, 5.74) is 0.799. The average molecular weight is 283 g/mol. The number of hydrogen-bond donors (Lipinski definition) is 2. The third-order valence-corrected chi connectivity index (χ3v) is 2.95. The lowest BCUT2D eigenvalue weighted by atomic mass is 10.1. The van der Waals surface area contributed by atoms with Crippen LogP contribution in [0.1, 0.15) is 19.4 Å².